The van der Waals surface area contributed by atoms with Crippen LogP contribution in [0, 0.1) is 0 Å². The lowest BCUT2D eigenvalue weighted by molar-refractivity contribution is -0.0336. The summed E-state index contributed by atoms with van der Waals surface area (Å²) in [6.07, 6.45) is 8.57. The molecule has 2 fully saturated rings. The van der Waals surface area contributed by atoms with Gasteiger partial charge in [-0.25, -0.2) is 0 Å². The van der Waals surface area contributed by atoms with Gasteiger partial charge in [0, 0.05) is 26.2 Å². The zero-order valence-electron chi connectivity index (χ0n) is 17.5. The Morgan fingerprint density at radius 3 is 2.53 bits per heavy atom. The fraction of sp³-hybridized carbons (Fsp3) is 0.480. The van der Waals surface area contributed by atoms with E-state index in [2.05, 4.69) is 28.4 Å². The highest BCUT2D eigenvalue weighted by molar-refractivity contribution is 6.34. The molecule has 0 bridgehead atoms. The first-order valence-corrected chi connectivity index (χ1v) is 11.5. The Morgan fingerprint density at radius 2 is 1.83 bits per heavy atom. The molecule has 1 aliphatic carbocycles. The first-order valence-electron chi connectivity index (χ1n) is 11.1. The summed E-state index contributed by atoms with van der Waals surface area (Å²) in [5.74, 6) is 0.862. The van der Waals surface area contributed by atoms with E-state index in [0.717, 1.165) is 48.6 Å². The van der Waals surface area contributed by atoms with Crippen LogP contribution < -0.4 is 10.1 Å². The van der Waals surface area contributed by atoms with Gasteiger partial charge in [0.05, 0.1) is 10.6 Å². The molecule has 0 aromatic heterocycles. The maximum atomic E-state index is 12.1. The Kier molecular flexibility index (Phi) is 5.24. The molecule has 4 nitrogen and oxygen atoms in total. The van der Waals surface area contributed by atoms with Crippen molar-refractivity contribution in [2.24, 2.45) is 0 Å². The Balaban J connectivity index is 1.33. The fourth-order valence-electron chi connectivity index (χ4n) is 5.11. The van der Waals surface area contributed by atoms with Crippen LogP contribution in [0.4, 0.5) is 0 Å². The predicted octanol–water partition coefficient (Wildman–Crippen LogP) is 5.08. The van der Waals surface area contributed by atoms with Gasteiger partial charge in [-0.1, -0.05) is 30.2 Å². The molecule has 30 heavy (non-hydrogen) atoms. The third-order valence-corrected chi connectivity index (χ3v) is 7.64. The second-order valence-electron chi connectivity index (χ2n) is 9.00. The highest BCUT2D eigenvalue weighted by Crippen LogP contribution is 2.42. The molecule has 3 aliphatic rings. The highest BCUT2D eigenvalue weighted by atomic mass is 35.5. The van der Waals surface area contributed by atoms with Crippen molar-refractivity contribution in [3.05, 3.63) is 52.5 Å². The van der Waals surface area contributed by atoms with Crippen LogP contribution in [0.3, 0.4) is 0 Å². The van der Waals surface area contributed by atoms with Crippen molar-refractivity contribution < 1.29 is 9.53 Å². The maximum Gasteiger partial charge on any atom is 0.252 e. The number of benzene rings is 2. The van der Waals surface area contributed by atoms with Crippen LogP contribution in [-0.4, -0.2) is 42.6 Å². The normalized spacial score (nSPS) is 20.9. The quantitative estimate of drug-likeness (QED) is 0.747. The Labute approximate surface area is 183 Å². The third-order valence-electron chi connectivity index (χ3n) is 7.31. The molecule has 1 saturated heterocycles. The van der Waals surface area contributed by atoms with Gasteiger partial charge in [-0.3, -0.25) is 4.79 Å². The number of nitrogens with one attached hydrogen (secondary N) is 1. The Bertz CT molecular complexity index is 962. The average molecular weight is 425 g/mol. The number of fused-ring (bicyclic) bond motifs is 1. The van der Waals surface area contributed by atoms with E-state index in [1.807, 2.05) is 12.1 Å². The van der Waals surface area contributed by atoms with Gasteiger partial charge in [0.2, 0.25) is 0 Å². The summed E-state index contributed by atoms with van der Waals surface area (Å²) in [4.78, 5) is 14.8. The molecular formula is C25H29ClN2O2. The number of nitrogens with zero attached hydrogens (tertiary/aromatic N) is 1. The van der Waals surface area contributed by atoms with Crippen LogP contribution in [-0.2, 0) is 6.42 Å². The number of hydrogen-bond donors (Lipinski definition) is 1. The molecular weight excluding hydrogens is 396 g/mol. The molecule has 2 aliphatic heterocycles. The number of amides is 1. The predicted molar refractivity (Wildman–Crippen MR) is 120 cm³/mol. The van der Waals surface area contributed by atoms with Crippen molar-refractivity contribution in [2.45, 2.75) is 56.6 Å². The largest absolute Gasteiger partial charge is 0.487 e. The molecule has 1 amide bonds. The molecule has 2 aromatic rings. The standard InChI is InChI=1S/C25H29ClN2O2/c1-27-24(29)21-16-18(5-7-22(21)26)17-6-8-23-19(15-17)9-10-25(30-23)11-13-28(14-12-25)20-3-2-4-20/h5-8,15-16,20H,2-4,9-14H2,1H3,(H,27,29). The number of piperidine rings is 1. The van der Waals surface area contributed by atoms with Crippen molar-refractivity contribution in [3.63, 3.8) is 0 Å². The average Bonchev–Trinajstić information content (AvgIpc) is 2.74. The number of ether oxygens (including phenoxy) is 1. The molecule has 5 rings (SSSR count). The summed E-state index contributed by atoms with van der Waals surface area (Å²) in [6.45, 7) is 2.34. The van der Waals surface area contributed by atoms with E-state index in [4.69, 9.17) is 16.3 Å². The number of likely N-dealkylation sites (tertiary alicyclic amines) is 1. The van der Waals surface area contributed by atoms with Crippen LogP contribution in [0.1, 0.15) is 54.4 Å². The fourth-order valence-corrected chi connectivity index (χ4v) is 5.32. The molecule has 5 heteroatoms. The first kappa shape index (κ1) is 19.9. The molecule has 0 unspecified atom stereocenters. The number of halogens is 1. The lowest BCUT2D eigenvalue weighted by Gasteiger charge is -2.48. The second kappa shape index (κ2) is 7.90. The van der Waals surface area contributed by atoms with E-state index in [0.29, 0.717) is 10.6 Å². The molecule has 1 N–H and O–H groups in total. The lowest BCUT2D eigenvalue weighted by atomic mass is 9.81. The van der Waals surface area contributed by atoms with Crippen LogP contribution in [0.5, 0.6) is 5.75 Å². The number of carbonyl (C=O) groups excluding carboxylic acids is 1. The monoisotopic (exact) mass is 424 g/mol. The van der Waals surface area contributed by atoms with Gasteiger partial charge in [0.25, 0.3) is 5.91 Å². The molecule has 1 spiro atoms. The number of hydrogen-bond acceptors (Lipinski definition) is 3. The SMILES string of the molecule is CNC(=O)c1cc(-c2ccc3c(c2)CCC2(CCN(C4CCC4)CC2)O3)ccc1Cl. The third kappa shape index (κ3) is 3.61. The molecule has 158 valence electrons. The highest BCUT2D eigenvalue weighted by Gasteiger charge is 2.41. The van der Waals surface area contributed by atoms with Gasteiger partial charge < -0.3 is 15.0 Å². The van der Waals surface area contributed by atoms with Crippen LogP contribution in [0.2, 0.25) is 5.02 Å². The molecule has 1 saturated carbocycles. The summed E-state index contributed by atoms with van der Waals surface area (Å²) in [7, 11) is 1.62. The van der Waals surface area contributed by atoms with Gasteiger partial charge in [0.1, 0.15) is 11.4 Å². The molecule has 2 heterocycles. The maximum absolute atomic E-state index is 12.1. The zero-order valence-corrected chi connectivity index (χ0v) is 18.3. The van der Waals surface area contributed by atoms with E-state index >= 15 is 0 Å². The number of carbonyl (C=O) groups is 1. The summed E-state index contributed by atoms with van der Waals surface area (Å²) in [5.41, 5.74) is 3.87. The summed E-state index contributed by atoms with van der Waals surface area (Å²) >= 11 is 6.21. The van der Waals surface area contributed by atoms with E-state index in [9.17, 15) is 4.79 Å². The minimum absolute atomic E-state index is 0.0153. The van der Waals surface area contributed by atoms with Crippen molar-refractivity contribution in [1.29, 1.82) is 0 Å². The van der Waals surface area contributed by atoms with Gasteiger partial charge in [-0.2, -0.15) is 0 Å². The first-order chi connectivity index (χ1) is 14.6. The van der Waals surface area contributed by atoms with Gasteiger partial charge >= 0.3 is 0 Å². The number of aryl methyl sites for hydroxylation is 1. The number of rotatable bonds is 3. The smallest absolute Gasteiger partial charge is 0.252 e. The topological polar surface area (TPSA) is 41.6 Å². The van der Waals surface area contributed by atoms with E-state index < -0.39 is 0 Å². The van der Waals surface area contributed by atoms with Crippen molar-refractivity contribution in [1.82, 2.24) is 10.2 Å². The molecule has 0 atom stereocenters. The van der Waals surface area contributed by atoms with Crippen LogP contribution in [0.15, 0.2) is 36.4 Å². The molecule has 0 radical (unpaired) electrons. The minimum Gasteiger partial charge on any atom is -0.487 e. The Morgan fingerprint density at radius 1 is 1.10 bits per heavy atom. The van der Waals surface area contributed by atoms with Gasteiger partial charge in [0.15, 0.2) is 0 Å². The van der Waals surface area contributed by atoms with E-state index in [1.54, 1.807) is 13.1 Å². The zero-order chi connectivity index (χ0) is 20.7. The van der Waals surface area contributed by atoms with Crippen LogP contribution in [0.25, 0.3) is 11.1 Å². The minimum atomic E-state index is -0.168. The summed E-state index contributed by atoms with van der Waals surface area (Å²) in [5, 5.41) is 3.12. The van der Waals surface area contributed by atoms with Crippen molar-refractivity contribution in [2.75, 3.05) is 20.1 Å². The second-order valence-corrected chi connectivity index (χ2v) is 9.41. The summed E-state index contributed by atoms with van der Waals surface area (Å²) < 4.78 is 6.62. The lowest BCUT2D eigenvalue weighted by Crippen LogP contribution is -2.53. The van der Waals surface area contributed by atoms with Gasteiger partial charge in [-0.15, -0.1) is 0 Å². The molecule has 2 aromatic carbocycles. The summed E-state index contributed by atoms with van der Waals surface area (Å²) in [6, 6.07) is 12.9. The van der Waals surface area contributed by atoms with Gasteiger partial charge in [-0.05, 0) is 79.5 Å². The Hall–Kier alpha value is -2.04. The van der Waals surface area contributed by atoms with E-state index in [-0.39, 0.29) is 11.5 Å². The van der Waals surface area contributed by atoms with Crippen molar-refractivity contribution >= 4 is 17.5 Å². The van der Waals surface area contributed by atoms with E-state index in [1.165, 1.54) is 37.9 Å². The van der Waals surface area contributed by atoms with Crippen molar-refractivity contribution in [3.8, 4) is 16.9 Å². The van der Waals surface area contributed by atoms with Crippen LogP contribution >= 0.6 is 11.6 Å².